The van der Waals surface area contributed by atoms with Crippen LogP contribution in [0.1, 0.15) is 27.0 Å². The predicted octanol–water partition coefficient (Wildman–Crippen LogP) is 3.59. The van der Waals surface area contributed by atoms with Gasteiger partial charge in [0.05, 0.1) is 5.41 Å². The molecule has 1 unspecified atom stereocenters. The van der Waals surface area contributed by atoms with Gasteiger partial charge in [-0.25, -0.2) is 4.98 Å². The van der Waals surface area contributed by atoms with Crippen LogP contribution in [0.2, 0.25) is 25.7 Å². The maximum absolute atomic E-state index is 13.5. The summed E-state index contributed by atoms with van der Waals surface area (Å²) in [5.41, 5.74) is 3.21. The Bertz CT molecular complexity index is 938. The summed E-state index contributed by atoms with van der Waals surface area (Å²) in [6, 6.07) is 10.7. The highest BCUT2D eigenvalue weighted by Gasteiger charge is 2.54. The first-order chi connectivity index (χ1) is 13.3. The number of aromatic nitrogens is 1. The van der Waals surface area contributed by atoms with E-state index in [4.69, 9.17) is 4.74 Å². The molecule has 1 spiro atoms. The second-order valence-electron chi connectivity index (χ2n) is 9.04. The number of anilines is 1. The molecule has 0 N–H and O–H groups in total. The number of pyridine rings is 1. The van der Waals surface area contributed by atoms with Gasteiger partial charge < -0.3 is 4.74 Å². The average molecular weight is 395 g/mol. The first-order valence-electron chi connectivity index (χ1n) is 9.76. The first kappa shape index (κ1) is 19.0. The van der Waals surface area contributed by atoms with Gasteiger partial charge in [0.15, 0.2) is 0 Å². The van der Waals surface area contributed by atoms with Crippen molar-refractivity contribution in [1.82, 2.24) is 4.98 Å². The Labute approximate surface area is 166 Å². The molecule has 0 bridgehead atoms. The minimum atomic E-state index is -1.18. The normalized spacial score (nSPS) is 20.5. The molecule has 0 radical (unpaired) electrons. The third kappa shape index (κ3) is 3.20. The number of benzene rings is 1. The topological polar surface area (TPSA) is 59.5 Å². The van der Waals surface area contributed by atoms with Crippen molar-refractivity contribution >= 4 is 26.1 Å². The summed E-state index contributed by atoms with van der Waals surface area (Å²) in [7, 11) is -1.18. The monoisotopic (exact) mass is 394 g/mol. The van der Waals surface area contributed by atoms with Crippen LogP contribution in [-0.4, -0.2) is 38.6 Å². The lowest BCUT2D eigenvalue weighted by Crippen LogP contribution is -2.42. The fraction of sp³-hybridized carbons (Fsp3) is 0.409. The number of hydrogen-bond donors (Lipinski definition) is 0. The van der Waals surface area contributed by atoms with Gasteiger partial charge in [0.2, 0.25) is 5.91 Å². The molecule has 1 amide bonds. The van der Waals surface area contributed by atoms with Crippen molar-refractivity contribution in [3.63, 3.8) is 0 Å². The van der Waals surface area contributed by atoms with Crippen LogP contribution in [-0.2, 0) is 27.8 Å². The molecule has 6 heteroatoms. The van der Waals surface area contributed by atoms with E-state index in [1.807, 2.05) is 30.3 Å². The van der Waals surface area contributed by atoms with E-state index >= 15 is 0 Å². The Morgan fingerprint density at radius 2 is 2.00 bits per heavy atom. The van der Waals surface area contributed by atoms with E-state index in [9.17, 15) is 9.59 Å². The molecule has 0 fully saturated rings. The molecule has 2 aromatic rings. The summed E-state index contributed by atoms with van der Waals surface area (Å²) in [5, 5.41) is 0. The molecule has 1 aromatic carbocycles. The number of hydrogen-bond acceptors (Lipinski definition) is 4. The summed E-state index contributed by atoms with van der Waals surface area (Å²) < 4.78 is 5.89. The Morgan fingerprint density at radius 3 is 2.75 bits per heavy atom. The number of nitrogens with zero attached hydrogens (tertiary/aromatic N) is 2. The van der Waals surface area contributed by atoms with Gasteiger partial charge in [-0.15, -0.1) is 0 Å². The molecule has 146 valence electrons. The lowest BCUT2D eigenvalue weighted by Gasteiger charge is -2.23. The molecule has 1 atom stereocenters. The van der Waals surface area contributed by atoms with Gasteiger partial charge in [-0.05, 0) is 42.1 Å². The molecular weight excluding hydrogens is 368 g/mol. The third-order valence-electron chi connectivity index (χ3n) is 5.78. The number of fused-ring (bicyclic) bond motifs is 3. The van der Waals surface area contributed by atoms with Gasteiger partial charge in [-0.3, -0.25) is 14.5 Å². The zero-order chi connectivity index (χ0) is 19.9. The summed E-state index contributed by atoms with van der Waals surface area (Å²) in [4.78, 5) is 30.9. The Morgan fingerprint density at radius 1 is 1.21 bits per heavy atom. The summed E-state index contributed by atoms with van der Waals surface area (Å²) in [6.45, 7) is 7.84. The standard InChI is InChI=1S/C22H26N2O3Si/c1-28(2,3)10-9-27-15-24-20-19(5-4-8-23-20)22(21(24)26)12-17-7-6-16(14-25)11-18(17)13-22/h4-8,11,14H,9-10,12-13,15H2,1-3H3. The highest BCUT2D eigenvalue weighted by Crippen LogP contribution is 2.49. The molecule has 0 saturated carbocycles. The quantitative estimate of drug-likeness (QED) is 0.427. The van der Waals surface area contributed by atoms with Gasteiger partial charge >= 0.3 is 0 Å². The van der Waals surface area contributed by atoms with E-state index in [0.717, 1.165) is 29.0 Å². The molecule has 1 aliphatic carbocycles. The van der Waals surface area contributed by atoms with E-state index in [1.54, 1.807) is 11.1 Å². The summed E-state index contributed by atoms with van der Waals surface area (Å²) >= 11 is 0. The zero-order valence-corrected chi connectivity index (χ0v) is 17.7. The molecule has 28 heavy (non-hydrogen) atoms. The lowest BCUT2D eigenvalue weighted by atomic mass is 9.79. The van der Waals surface area contributed by atoms with Gasteiger partial charge in [-0.2, -0.15) is 0 Å². The lowest BCUT2D eigenvalue weighted by molar-refractivity contribution is -0.124. The van der Waals surface area contributed by atoms with Gasteiger partial charge in [0.25, 0.3) is 0 Å². The number of ether oxygens (including phenoxy) is 1. The molecule has 2 heterocycles. The predicted molar refractivity (Wildman–Crippen MR) is 112 cm³/mol. The third-order valence-corrected chi connectivity index (χ3v) is 7.48. The van der Waals surface area contributed by atoms with E-state index in [0.29, 0.717) is 30.8 Å². The minimum absolute atomic E-state index is 0.0538. The van der Waals surface area contributed by atoms with E-state index < -0.39 is 13.5 Å². The number of amides is 1. The Balaban J connectivity index is 1.60. The molecule has 0 saturated heterocycles. The van der Waals surface area contributed by atoms with E-state index in [2.05, 4.69) is 24.6 Å². The average Bonchev–Trinajstić information content (AvgIpc) is 3.15. The van der Waals surface area contributed by atoms with E-state index in [1.165, 1.54) is 0 Å². The summed E-state index contributed by atoms with van der Waals surface area (Å²) in [6.07, 6.45) is 3.83. The van der Waals surface area contributed by atoms with Gasteiger partial charge in [-0.1, -0.05) is 37.8 Å². The van der Waals surface area contributed by atoms with Crippen molar-refractivity contribution in [2.75, 3.05) is 18.2 Å². The van der Waals surface area contributed by atoms with Crippen LogP contribution < -0.4 is 4.90 Å². The van der Waals surface area contributed by atoms with Crippen molar-refractivity contribution < 1.29 is 14.3 Å². The highest BCUT2D eigenvalue weighted by atomic mass is 28.3. The second-order valence-corrected chi connectivity index (χ2v) is 14.7. The van der Waals surface area contributed by atoms with Crippen LogP contribution in [0.5, 0.6) is 0 Å². The van der Waals surface area contributed by atoms with Crippen LogP contribution >= 0.6 is 0 Å². The number of rotatable bonds is 6. The zero-order valence-electron chi connectivity index (χ0n) is 16.7. The molecular formula is C22H26N2O3Si. The van der Waals surface area contributed by atoms with Crippen LogP contribution in [0.4, 0.5) is 5.82 Å². The van der Waals surface area contributed by atoms with Crippen LogP contribution in [0, 0.1) is 0 Å². The summed E-state index contributed by atoms with van der Waals surface area (Å²) in [5.74, 6) is 0.766. The largest absolute Gasteiger partial charge is 0.361 e. The maximum Gasteiger partial charge on any atom is 0.241 e. The van der Waals surface area contributed by atoms with Gasteiger partial charge in [0, 0.05) is 32.0 Å². The minimum Gasteiger partial charge on any atom is -0.361 e. The number of carbonyl (C=O) groups is 2. The SMILES string of the molecule is C[Si](C)(C)CCOCN1C(=O)C2(Cc3ccc(C=O)cc3C2)c2cccnc21. The van der Waals surface area contributed by atoms with Crippen LogP contribution in [0.3, 0.4) is 0 Å². The number of aldehydes is 1. The molecule has 5 nitrogen and oxygen atoms in total. The first-order valence-corrected chi connectivity index (χ1v) is 13.5. The molecule has 1 aliphatic heterocycles. The Hall–Kier alpha value is -2.31. The van der Waals surface area contributed by atoms with Gasteiger partial charge in [0.1, 0.15) is 18.8 Å². The van der Waals surface area contributed by atoms with Crippen LogP contribution in [0.25, 0.3) is 0 Å². The Kier molecular flexibility index (Phi) is 4.71. The van der Waals surface area contributed by atoms with Crippen molar-refractivity contribution in [3.05, 3.63) is 58.8 Å². The maximum atomic E-state index is 13.5. The second kappa shape index (κ2) is 6.94. The number of carbonyl (C=O) groups excluding carboxylic acids is 2. The fourth-order valence-electron chi connectivity index (χ4n) is 4.22. The van der Waals surface area contributed by atoms with Crippen LogP contribution in [0.15, 0.2) is 36.5 Å². The molecule has 2 aliphatic rings. The molecule has 4 rings (SSSR count). The molecule has 1 aromatic heterocycles. The smallest absolute Gasteiger partial charge is 0.241 e. The van der Waals surface area contributed by atoms with Crippen molar-refractivity contribution in [1.29, 1.82) is 0 Å². The van der Waals surface area contributed by atoms with E-state index in [-0.39, 0.29) is 12.6 Å². The van der Waals surface area contributed by atoms with Crippen molar-refractivity contribution in [2.45, 2.75) is 43.9 Å². The fourth-order valence-corrected chi connectivity index (χ4v) is 4.98. The highest BCUT2D eigenvalue weighted by molar-refractivity contribution is 6.76. The van der Waals surface area contributed by atoms with Crippen molar-refractivity contribution in [3.8, 4) is 0 Å². The van der Waals surface area contributed by atoms with Crippen molar-refractivity contribution in [2.24, 2.45) is 0 Å².